The molecule has 0 radical (unpaired) electrons. The van der Waals surface area contributed by atoms with Crippen LogP contribution in [0.1, 0.15) is 62.5 Å². The van der Waals surface area contributed by atoms with E-state index in [0.29, 0.717) is 30.5 Å². The number of hydrogen-bond donors (Lipinski definition) is 5. The number of benzene rings is 2. The molecule has 10 nitrogen and oxygen atoms in total. The van der Waals surface area contributed by atoms with Gasteiger partial charge in [0, 0.05) is 30.6 Å². The first-order valence-corrected chi connectivity index (χ1v) is 14.8. The van der Waals surface area contributed by atoms with Crippen LogP contribution in [0.3, 0.4) is 0 Å². The minimum Gasteiger partial charge on any atom is -0.372 e. The predicted molar refractivity (Wildman–Crippen MR) is 155 cm³/mol. The number of rotatable bonds is 10. The Morgan fingerprint density at radius 2 is 1.50 bits per heavy atom. The van der Waals surface area contributed by atoms with Crippen LogP contribution in [0, 0.1) is 11.8 Å². The Labute approximate surface area is 245 Å². The summed E-state index contributed by atoms with van der Waals surface area (Å²) >= 11 is 0. The van der Waals surface area contributed by atoms with Gasteiger partial charge in [-0.1, -0.05) is 80.6 Å². The van der Waals surface area contributed by atoms with Crippen LogP contribution in [0.15, 0.2) is 48.5 Å². The lowest BCUT2D eigenvalue weighted by Gasteiger charge is -2.31. The van der Waals surface area contributed by atoms with E-state index in [1.165, 1.54) is 7.05 Å². The number of nitrogens with one attached hydrogen (secondary N) is 4. The molecular weight excluding hydrogens is 536 g/mol. The average Bonchev–Trinajstić information content (AvgIpc) is 3.54. The first kappa shape index (κ1) is 29.4. The van der Waals surface area contributed by atoms with Crippen LogP contribution in [0.25, 0.3) is 11.1 Å². The van der Waals surface area contributed by atoms with Crippen molar-refractivity contribution < 1.29 is 29.1 Å². The lowest BCUT2D eigenvalue weighted by molar-refractivity contribution is -0.142. The maximum Gasteiger partial charge on any atom is 0.289 e. The predicted octanol–water partition coefficient (Wildman–Crippen LogP) is 1.68. The Hall–Kier alpha value is -4.05. The summed E-state index contributed by atoms with van der Waals surface area (Å²) in [5.41, 5.74) is 0.327. The van der Waals surface area contributed by atoms with Crippen molar-refractivity contribution in [2.24, 2.45) is 11.8 Å². The van der Waals surface area contributed by atoms with Gasteiger partial charge in [0.05, 0.1) is 6.04 Å². The van der Waals surface area contributed by atoms with Gasteiger partial charge in [-0.2, -0.15) is 0 Å². The van der Waals surface area contributed by atoms with Crippen molar-refractivity contribution in [3.05, 3.63) is 59.7 Å². The van der Waals surface area contributed by atoms with Gasteiger partial charge in [0.1, 0.15) is 6.04 Å². The second-order valence-electron chi connectivity index (χ2n) is 11.6. The van der Waals surface area contributed by atoms with Gasteiger partial charge in [0.2, 0.25) is 17.6 Å². The summed E-state index contributed by atoms with van der Waals surface area (Å²) in [5, 5.41) is 22.5. The van der Waals surface area contributed by atoms with Gasteiger partial charge in [0.25, 0.3) is 11.8 Å². The van der Waals surface area contributed by atoms with Crippen LogP contribution in [0.2, 0.25) is 0 Å². The molecule has 2 aromatic rings. The van der Waals surface area contributed by atoms with Crippen LogP contribution in [-0.2, 0) is 29.6 Å². The minimum atomic E-state index is -2.02. The highest BCUT2D eigenvalue weighted by molar-refractivity contribution is 6.38. The van der Waals surface area contributed by atoms with Gasteiger partial charge in [-0.3, -0.25) is 24.0 Å². The summed E-state index contributed by atoms with van der Waals surface area (Å²) in [6, 6.07) is 12.0. The number of likely N-dealkylation sites (N-methyl/N-ethyl adjacent to an activating group) is 1. The summed E-state index contributed by atoms with van der Waals surface area (Å²) in [4.78, 5) is 65.4. The second kappa shape index (κ2) is 12.4. The summed E-state index contributed by atoms with van der Waals surface area (Å²) < 4.78 is 0. The zero-order valence-electron chi connectivity index (χ0n) is 23.8. The van der Waals surface area contributed by atoms with E-state index in [9.17, 15) is 29.1 Å². The molecule has 2 aromatic carbocycles. The van der Waals surface area contributed by atoms with E-state index < -0.39 is 47.1 Å². The molecule has 10 heteroatoms. The molecule has 222 valence electrons. The number of ketones is 1. The highest BCUT2D eigenvalue weighted by Crippen LogP contribution is 2.47. The molecule has 4 amide bonds. The molecule has 1 saturated carbocycles. The molecule has 5 N–H and O–H groups in total. The molecule has 2 aliphatic carbocycles. The number of aliphatic hydroxyl groups is 1. The maximum atomic E-state index is 14.0. The normalized spacial score (nSPS) is 20.4. The Balaban J connectivity index is 1.42. The summed E-state index contributed by atoms with van der Waals surface area (Å²) in [6.45, 7) is 0.459. The van der Waals surface area contributed by atoms with Crippen molar-refractivity contribution in [1.29, 1.82) is 0 Å². The SMILES string of the molecule is CNC(=O)C(=O)[C@@H](C[C@H]1CCNC1=O)NC(=O)[C@H](CC1CCCCC1)NC(=O)C1(O)c2ccccc2-c2ccccc21. The van der Waals surface area contributed by atoms with Crippen molar-refractivity contribution in [3.63, 3.8) is 0 Å². The lowest BCUT2D eigenvalue weighted by atomic mass is 9.84. The van der Waals surface area contributed by atoms with Crippen molar-refractivity contribution in [2.45, 2.75) is 69.1 Å². The standard InChI is InChI=1S/C32H38N4O6/c1-33-30(40)27(37)25(18-20-15-16-34-28(20)38)35-29(39)26(17-19-9-3-2-4-10-19)36-31(41)32(42)23-13-7-5-11-21(23)22-12-6-8-14-24(22)32/h5-8,11-14,19-20,25-26,42H,2-4,9-10,15-18H2,1H3,(H,33,40)(H,34,38)(H,35,39)(H,36,41)/t20-,25-,26+/m1/s1. The van der Waals surface area contributed by atoms with Crippen LogP contribution >= 0.6 is 0 Å². The van der Waals surface area contributed by atoms with Crippen molar-refractivity contribution in [2.75, 3.05) is 13.6 Å². The molecule has 0 bridgehead atoms. The average molecular weight is 575 g/mol. The molecule has 1 heterocycles. The van der Waals surface area contributed by atoms with E-state index in [-0.39, 0.29) is 18.2 Å². The van der Waals surface area contributed by atoms with Crippen LogP contribution in [0.4, 0.5) is 0 Å². The topological polar surface area (TPSA) is 154 Å². The highest BCUT2D eigenvalue weighted by atomic mass is 16.3. The van der Waals surface area contributed by atoms with Crippen molar-refractivity contribution in [3.8, 4) is 11.1 Å². The molecule has 1 saturated heterocycles. The molecule has 1 aliphatic heterocycles. The quantitative estimate of drug-likeness (QED) is 0.272. The molecule has 5 rings (SSSR count). The van der Waals surface area contributed by atoms with Crippen molar-refractivity contribution in [1.82, 2.24) is 21.3 Å². The number of carbonyl (C=O) groups excluding carboxylic acids is 5. The molecule has 42 heavy (non-hydrogen) atoms. The molecular formula is C32H38N4O6. The molecule has 0 unspecified atom stereocenters. The van der Waals surface area contributed by atoms with E-state index in [0.717, 1.165) is 43.2 Å². The summed E-state index contributed by atoms with van der Waals surface area (Å²) in [7, 11) is 1.32. The van der Waals surface area contributed by atoms with Crippen LogP contribution in [0.5, 0.6) is 0 Å². The van der Waals surface area contributed by atoms with Gasteiger partial charge in [-0.05, 0) is 36.3 Å². The third kappa shape index (κ3) is 5.68. The van der Waals surface area contributed by atoms with Gasteiger partial charge in [-0.25, -0.2) is 0 Å². The Kier molecular flexibility index (Phi) is 8.72. The first-order valence-electron chi connectivity index (χ1n) is 14.8. The lowest BCUT2D eigenvalue weighted by Crippen LogP contribution is -2.57. The van der Waals surface area contributed by atoms with E-state index in [1.54, 1.807) is 24.3 Å². The molecule has 0 spiro atoms. The Bertz CT molecular complexity index is 1340. The van der Waals surface area contributed by atoms with E-state index in [2.05, 4.69) is 21.3 Å². The molecule has 0 aromatic heterocycles. The minimum absolute atomic E-state index is 0.0292. The largest absolute Gasteiger partial charge is 0.372 e. The molecule has 3 aliphatic rings. The maximum absolute atomic E-state index is 14.0. The van der Waals surface area contributed by atoms with Crippen LogP contribution in [-0.4, -0.2) is 60.2 Å². The van der Waals surface area contributed by atoms with Gasteiger partial charge in [-0.15, -0.1) is 0 Å². The second-order valence-corrected chi connectivity index (χ2v) is 11.6. The fourth-order valence-electron chi connectivity index (χ4n) is 6.65. The van der Waals surface area contributed by atoms with Crippen molar-refractivity contribution >= 4 is 29.4 Å². The Morgan fingerprint density at radius 3 is 2.07 bits per heavy atom. The van der Waals surface area contributed by atoms with E-state index in [4.69, 9.17) is 0 Å². The monoisotopic (exact) mass is 574 g/mol. The van der Waals surface area contributed by atoms with Gasteiger partial charge in [0.15, 0.2) is 5.60 Å². The molecule has 3 atom stereocenters. The summed E-state index contributed by atoms with van der Waals surface area (Å²) in [5.74, 6) is -3.68. The summed E-state index contributed by atoms with van der Waals surface area (Å²) in [6.07, 6.45) is 5.73. The van der Waals surface area contributed by atoms with E-state index in [1.807, 2.05) is 24.3 Å². The van der Waals surface area contributed by atoms with Gasteiger partial charge < -0.3 is 26.4 Å². The highest BCUT2D eigenvalue weighted by Gasteiger charge is 2.49. The fraction of sp³-hybridized carbons (Fsp3) is 0.469. The zero-order valence-corrected chi connectivity index (χ0v) is 23.8. The fourth-order valence-corrected chi connectivity index (χ4v) is 6.65. The number of carbonyl (C=O) groups is 5. The number of hydrogen-bond acceptors (Lipinski definition) is 6. The Morgan fingerprint density at radius 1 is 0.881 bits per heavy atom. The van der Waals surface area contributed by atoms with Crippen LogP contribution < -0.4 is 21.3 Å². The zero-order chi connectivity index (χ0) is 29.9. The smallest absolute Gasteiger partial charge is 0.289 e. The third-order valence-electron chi connectivity index (χ3n) is 8.93. The first-order chi connectivity index (χ1) is 20.2. The number of amides is 4. The molecule has 2 fully saturated rings. The third-order valence-corrected chi connectivity index (χ3v) is 8.93. The number of Topliss-reactive ketones (excluding diaryl/α,β-unsaturated/α-hetero) is 1. The number of fused-ring (bicyclic) bond motifs is 3. The van der Waals surface area contributed by atoms with Gasteiger partial charge >= 0.3 is 0 Å². The van der Waals surface area contributed by atoms with E-state index >= 15 is 0 Å².